The van der Waals surface area contributed by atoms with Gasteiger partial charge < -0.3 is 9.47 Å². The maximum atomic E-state index is 13.6. The van der Waals surface area contributed by atoms with E-state index in [2.05, 4.69) is 0 Å². The highest BCUT2D eigenvalue weighted by molar-refractivity contribution is 5.98. The van der Waals surface area contributed by atoms with Crippen molar-refractivity contribution < 1.29 is 27.4 Å². The monoisotopic (exact) mass is 527 g/mol. The van der Waals surface area contributed by atoms with Crippen LogP contribution in [0.15, 0.2) is 59.4 Å². The van der Waals surface area contributed by atoms with Crippen molar-refractivity contribution in [2.45, 2.75) is 50.6 Å². The summed E-state index contributed by atoms with van der Waals surface area (Å²) in [4.78, 5) is 27.0. The third kappa shape index (κ3) is 5.53. The van der Waals surface area contributed by atoms with E-state index < -0.39 is 17.9 Å². The number of benzene rings is 2. The number of carbonyl (C=O) groups is 1. The Morgan fingerprint density at radius 1 is 1.05 bits per heavy atom. The van der Waals surface area contributed by atoms with Crippen LogP contribution < -0.4 is 10.3 Å². The fourth-order valence-electron chi connectivity index (χ4n) is 5.06. The Hall–Kier alpha value is -3.84. The van der Waals surface area contributed by atoms with Crippen LogP contribution in [0.4, 0.5) is 13.2 Å². The minimum Gasteiger partial charge on any atom is -0.463 e. The molecule has 7 nitrogen and oxygen atoms in total. The molecule has 38 heavy (non-hydrogen) atoms. The molecule has 1 aromatic heterocycles. The summed E-state index contributed by atoms with van der Waals surface area (Å²) in [6.45, 7) is -0.173. The van der Waals surface area contributed by atoms with E-state index in [-0.39, 0.29) is 44.0 Å². The summed E-state index contributed by atoms with van der Waals surface area (Å²) < 4.78 is 51.6. The van der Waals surface area contributed by atoms with E-state index in [1.807, 2.05) is 48.5 Å². The van der Waals surface area contributed by atoms with Gasteiger partial charge in [-0.25, -0.2) is 4.79 Å². The number of ether oxygens (including phenoxy) is 2. The molecule has 0 atom stereocenters. The first kappa shape index (κ1) is 27.2. The van der Waals surface area contributed by atoms with Crippen molar-refractivity contribution >= 4 is 16.7 Å². The summed E-state index contributed by atoms with van der Waals surface area (Å²) in [5.74, 6) is -2.03. The maximum Gasteiger partial charge on any atom is 0.490 e. The van der Waals surface area contributed by atoms with Gasteiger partial charge in [0.15, 0.2) is 12.3 Å². The molecule has 1 aliphatic carbocycles. The number of rotatable bonds is 8. The number of alkyl halides is 3. The Balaban J connectivity index is 1.76. The molecule has 10 heteroatoms. The topological polar surface area (TPSA) is 84.6 Å². The van der Waals surface area contributed by atoms with Crippen LogP contribution in [0.5, 0.6) is 5.88 Å². The molecule has 0 unspecified atom stereocenters. The molecular formula is C28H28F3N3O4. The first-order valence-corrected chi connectivity index (χ1v) is 12.4. The lowest BCUT2D eigenvalue weighted by atomic mass is 9.90. The average molecular weight is 528 g/mol. The van der Waals surface area contributed by atoms with Gasteiger partial charge in [0.25, 0.3) is 5.56 Å². The zero-order chi connectivity index (χ0) is 27.3. The number of pyridine rings is 1. The van der Waals surface area contributed by atoms with Crippen molar-refractivity contribution in [3.8, 4) is 23.1 Å². The zero-order valence-corrected chi connectivity index (χ0v) is 21.0. The second-order valence-corrected chi connectivity index (χ2v) is 9.31. The molecule has 2 aromatic carbocycles. The number of hydrogen-bond acceptors (Lipinski definition) is 6. The van der Waals surface area contributed by atoms with Gasteiger partial charge in [-0.15, -0.1) is 0 Å². The van der Waals surface area contributed by atoms with E-state index in [0.717, 1.165) is 12.0 Å². The lowest BCUT2D eigenvalue weighted by Gasteiger charge is -2.43. The number of nitriles is 1. The normalized spacial score (nSPS) is 15.3. The van der Waals surface area contributed by atoms with Gasteiger partial charge in [0.2, 0.25) is 5.88 Å². The highest BCUT2D eigenvalue weighted by Crippen LogP contribution is 2.38. The van der Waals surface area contributed by atoms with Crippen molar-refractivity contribution in [2.75, 3.05) is 20.2 Å². The summed E-state index contributed by atoms with van der Waals surface area (Å²) in [6.07, 6.45) is -2.55. The van der Waals surface area contributed by atoms with Crippen LogP contribution in [0.3, 0.4) is 0 Å². The molecule has 0 amide bonds. The van der Waals surface area contributed by atoms with Crippen LogP contribution in [0.1, 0.15) is 32.1 Å². The van der Waals surface area contributed by atoms with Crippen molar-refractivity contribution in [1.29, 1.82) is 5.26 Å². The van der Waals surface area contributed by atoms with Crippen LogP contribution >= 0.6 is 0 Å². The number of hydrogen-bond donors (Lipinski definition) is 0. The van der Waals surface area contributed by atoms with Gasteiger partial charge in [-0.1, -0.05) is 55.0 Å². The van der Waals surface area contributed by atoms with Crippen molar-refractivity contribution in [1.82, 2.24) is 9.47 Å². The lowest BCUT2D eigenvalue weighted by Crippen LogP contribution is -2.54. The molecule has 0 radical (unpaired) electrons. The number of halogens is 3. The van der Waals surface area contributed by atoms with Crippen molar-refractivity contribution in [2.24, 2.45) is 0 Å². The fraction of sp³-hybridized carbons (Fsp3) is 0.393. The highest BCUT2D eigenvalue weighted by Gasteiger charge is 2.48. The molecule has 0 N–H and O–H groups in total. The number of nitrogens with zero attached hydrogens (tertiary/aromatic N) is 3. The maximum absolute atomic E-state index is 13.6. The Kier molecular flexibility index (Phi) is 8.07. The zero-order valence-electron chi connectivity index (χ0n) is 21.0. The van der Waals surface area contributed by atoms with Gasteiger partial charge in [-0.2, -0.15) is 18.4 Å². The van der Waals surface area contributed by atoms with Gasteiger partial charge in [-0.05, 0) is 31.5 Å². The summed E-state index contributed by atoms with van der Waals surface area (Å²) in [7, 11) is 1.59. The Morgan fingerprint density at radius 2 is 1.68 bits per heavy atom. The summed E-state index contributed by atoms with van der Waals surface area (Å²) >= 11 is 0. The van der Waals surface area contributed by atoms with E-state index in [1.165, 1.54) is 4.57 Å². The van der Waals surface area contributed by atoms with Gasteiger partial charge in [0.1, 0.15) is 6.07 Å². The fourth-order valence-corrected chi connectivity index (χ4v) is 5.06. The molecule has 3 aromatic rings. The van der Waals surface area contributed by atoms with E-state index in [0.29, 0.717) is 29.2 Å². The highest BCUT2D eigenvalue weighted by atomic mass is 19.4. The van der Waals surface area contributed by atoms with E-state index >= 15 is 0 Å². The molecular weight excluding hydrogens is 499 g/mol. The van der Waals surface area contributed by atoms with Crippen LogP contribution in [0, 0.1) is 11.3 Å². The Bertz CT molecular complexity index is 1390. The smallest absolute Gasteiger partial charge is 0.463 e. The molecule has 1 aliphatic rings. The first-order valence-electron chi connectivity index (χ1n) is 12.4. The number of aromatic nitrogens is 1. The molecule has 0 bridgehead atoms. The molecule has 4 rings (SSSR count). The van der Waals surface area contributed by atoms with Gasteiger partial charge in [-0.3, -0.25) is 14.3 Å². The van der Waals surface area contributed by atoms with E-state index in [9.17, 15) is 28.0 Å². The first-order chi connectivity index (χ1) is 18.2. The minimum absolute atomic E-state index is 0.0338. The predicted octanol–water partition coefficient (Wildman–Crippen LogP) is 5.27. The average Bonchev–Trinajstić information content (AvgIpc) is 2.91. The molecule has 0 saturated heterocycles. The third-order valence-electron chi connectivity index (χ3n) is 6.97. The summed E-state index contributed by atoms with van der Waals surface area (Å²) in [6, 6.07) is 18.3. The molecule has 1 heterocycles. The molecule has 1 fully saturated rings. The van der Waals surface area contributed by atoms with Gasteiger partial charge in [0, 0.05) is 36.7 Å². The van der Waals surface area contributed by atoms with Crippen LogP contribution in [0.25, 0.3) is 21.9 Å². The number of likely N-dealkylation sites (N-methyl/N-ethyl adjacent to an activating group) is 1. The van der Waals surface area contributed by atoms with Crippen LogP contribution in [-0.4, -0.2) is 47.5 Å². The van der Waals surface area contributed by atoms with Crippen LogP contribution in [-0.2, 0) is 16.1 Å². The number of esters is 1. The largest absolute Gasteiger partial charge is 0.490 e. The van der Waals surface area contributed by atoms with Crippen molar-refractivity contribution in [3.05, 3.63) is 65.0 Å². The SMILES string of the molecule is CN(CCn1c(OCC#N)c(-c2ccccc2)c2ccccc2c1=O)C1(OC(=O)C(F)(F)F)CCCCC1. The summed E-state index contributed by atoms with van der Waals surface area (Å²) in [5.41, 5.74) is -0.371. The Morgan fingerprint density at radius 3 is 2.32 bits per heavy atom. The van der Waals surface area contributed by atoms with Gasteiger partial charge in [0.05, 0.1) is 5.56 Å². The second kappa shape index (κ2) is 11.3. The summed E-state index contributed by atoms with van der Waals surface area (Å²) in [5, 5.41) is 10.3. The number of fused-ring (bicyclic) bond motifs is 1. The van der Waals surface area contributed by atoms with Crippen LogP contribution in [0.2, 0.25) is 0 Å². The lowest BCUT2D eigenvalue weighted by molar-refractivity contribution is -0.235. The Labute approximate surface area is 218 Å². The quantitative estimate of drug-likeness (QED) is 0.293. The molecule has 0 spiro atoms. The standard InChI is InChI=1S/C28H28F3N3O4/c1-33(27(14-8-3-9-15-27)38-26(36)28(29,30)31)17-18-34-24(35)22-13-7-6-12-21(22)23(25(34)37-19-16-32)20-10-4-2-5-11-20/h2,4-7,10-13H,3,8-9,14-15,17-19H2,1H3. The minimum atomic E-state index is -5.11. The van der Waals surface area contributed by atoms with Crippen molar-refractivity contribution in [3.63, 3.8) is 0 Å². The molecule has 1 saturated carbocycles. The van der Waals surface area contributed by atoms with Gasteiger partial charge >= 0.3 is 12.1 Å². The van der Waals surface area contributed by atoms with E-state index in [1.54, 1.807) is 24.1 Å². The number of carbonyl (C=O) groups excluding carboxylic acids is 1. The van der Waals surface area contributed by atoms with E-state index in [4.69, 9.17) is 9.47 Å². The second-order valence-electron chi connectivity index (χ2n) is 9.31. The molecule has 0 aliphatic heterocycles. The third-order valence-corrected chi connectivity index (χ3v) is 6.97. The predicted molar refractivity (Wildman–Crippen MR) is 135 cm³/mol. The molecule has 200 valence electrons.